The van der Waals surface area contributed by atoms with Crippen molar-refractivity contribution in [2.24, 2.45) is 0 Å². The number of carbonyl (C=O) groups is 1. The van der Waals surface area contributed by atoms with E-state index in [0.717, 1.165) is 16.4 Å². The van der Waals surface area contributed by atoms with Crippen LogP contribution in [-0.4, -0.2) is 17.8 Å². The van der Waals surface area contributed by atoms with Gasteiger partial charge in [0.15, 0.2) is 0 Å². The molecule has 0 saturated heterocycles. The Kier molecular flexibility index (Phi) is 6.13. The van der Waals surface area contributed by atoms with Gasteiger partial charge in [-0.1, -0.05) is 0 Å². The van der Waals surface area contributed by atoms with Crippen molar-refractivity contribution in [3.63, 3.8) is 0 Å². The van der Waals surface area contributed by atoms with Gasteiger partial charge in [0.2, 0.25) is 0 Å². The molecular formula is C12H15ClINO. The van der Waals surface area contributed by atoms with Gasteiger partial charge in [-0.2, -0.15) is 0 Å². The molecule has 1 atom stereocenters. The Balaban J connectivity index is 2.32. The molecule has 0 spiro atoms. The van der Waals surface area contributed by atoms with Crippen molar-refractivity contribution in [2.45, 2.75) is 25.1 Å². The van der Waals surface area contributed by atoms with Gasteiger partial charge in [0, 0.05) is 21.1 Å². The second kappa shape index (κ2) is 7.12. The molecule has 2 nitrogen and oxygen atoms in total. The van der Waals surface area contributed by atoms with Crippen LogP contribution in [0.3, 0.4) is 0 Å². The van der Waals surface area contributed by atoms with Gasteiger partial charge in [0.25, 0.3) is 5.91 Å². The summed E-state index contributed by atoms with van der Waals surface area (Å²) in [6, 6.07) is 7.52. The van der Waals surface area contributed by atoms with E-state index >= 15 is 0 Å². The fourth-order valence-electron chi connectivity index (χ4n) is 1.29. The van der Waals surface area contributed by atoms with E-state index in [2.05, 4.69) is 27.9 Å². The van der Waals surface area contributed by atoms with E-state index in [1.165, 1.54) is 0 Å². The molecule has 0 aliphatic rings. The van der Waals surface area contributed by atoms with E-state index in [9.17, 15) is 4.79 Å². The van der Waals surface area contributed by atoms with E-state index < -0.39 is 0 Å². The summed E-state index contributed by atoms with van der Waals surface area (Å²) < 4.78 is 1.13. The summed E-state index contributed by atoms with van der Waals surface area (Å²) in [6.07, 6.45) is 1.84. The summed E-state index contributed by atoms with van der Waals surface area (Å²) in [5, 5.41) is 3.05. The minimum absolute atomic E-state index is 0.0152. The molecule has 0 bridgehead atoms. The Morgan fingerprint density at radius 2 is 2.06 bits per heavy atom. The van der Waals surface area contributed by atoms with Crippen molar-refractivity contribution in [3.8, 4) is 0 Å². The third-order valence-electron chi connectivity index (χ3n) is 2.17. The molecule has 0 radical (unpaired) electrons. The maximum Gasteiger partial charge on any atom is 0.251 e. The fourth-order valence-corrected chi connectivity index (χ4v) is 1.80. The summed E-state index contributed by atoms with van der Waals surface area (Å²) in [4.78, 5) is 11.7. The lowest BCUT2D eigenvalue weighted by molar-refractivity contribution is 0.0953. The number of nitrogens with one attached hydrogen (secondary N) is 1. The predicted molar refractivity (Wildman–Crippen MR) is 76.0 cm³/mol. The maximum absolute atomic E-state index is 11.7. The first-order chi connectivity index (χ1) is 7.59. The fraction of sp³-hybridized carbons (Fsp3) is 0.417. The Hall–Kier alpha value is -0.290. The number of amides is 1. The van der Waals surface area contributed by atoms with Crippen LogP contribution in [0.15, 0.2) is 24.3 Å². The van der Waals surface area contributed by atoms with Crippen LogP contribution in [0.4, 0.5) is 0 Å². The van der Waals surface area contributed by atoms with Crippen LogP contribution in [0.25, 0.3) is 0 Å². The molecule has 0 saturated carbocycles. The average Bonchev–Trinajstić information content (AvgIpc) is 2.25. The normalized spacial score (nSPS) is 12.2. The Morgan fingerprint density at radius 3 is 2.62 bits per heavy atom. The number of hydrogen-bond acceptors (Lipinski definition) is 1. The minimum Gasteiger partial charge on any atom is -0.352 e. The van der Waals surface area contributed by atoms with Crippen LogP contribution < -0.4 is 5.32 Å². The van der Waals surface area contributed by atoms with E-state index in [-0.39, 0.29) is 11.3 Å². The Labute approximate surface area is 115 Å². The van der Waals surface area contributed by atoms with Crippen LogP contribution in [0.2, 0.25) is 0 Å². The molecule has 88 valence electrons. The van der Waals surface area contributed by atoms with Crippen molar-refractivity contribution in [1.29, 1.82) is 0 Å². The van der Waals surface area contributed by atoms with Crippen LogP contribution in [0, 0.1) is 3.57 Å². The topological polar surface area (TPSA) is 29.1 Å². The van der Waals surface area contributed by atoms with Gasteiger partial charge in [-0.3, -0.25) is 4.79 Å². The Morgan fingerprint density at radius 1 is 1.44 bits per heavy atom. The summed E-state index contributed by atoms with van der Waals surface area (Å²) in [6.45, 7) is 2.64. The molecule has 0 aliphatic heterocycles. The third-order valence-corrected chi connectivity index (χ3v) is 3.11. The molecule has 0 aliphatic carbocycles. The number of halogens is 2. The SMILES string of the molecule is CC(Cl)CCCNC(=O)c1ccc(I)cc1. The highest BCUT2D eigenvalue weighted by Crippen LogP contribution is 2.07. The number of benzene rings is 1. The van der Waals surface area contributed by atoms with Crippen LogP contribution in [-0.2, 0) is 0 Å². The minimum atomic E-state index is -0.0152. The van der Waals surface area contributed by atoms with E-state index in [1.807, 2.05) is 31.2 Å². The zero-order chi connectivity index (χ0) is 12.0. The van der Waals surface area contributed by atoms with Gasteiger partial charge >= 0.3 is 0 Å². The second-order valence-corrected chi connectivity index (χ2v) is 5.68. The summed E-state index contributed by atoms with van der Waals surface area (Å²) in [5.41, 5.74) is 0.708. The van der Waals surface area contributed by atoms with Crippen LogP contribution >= 0.6 is 34.2 Å². The lowest BCUT2D eigenvalue weighted by Gasteiger charge is -2.06. The highest BCUT2D eigenvalue weighted by Gasteiger charge is 2.04. The lowest BCUT2D eigenvalue weighted by atomic mass is 10.2. The molecule has 4 heteroatoms. The van der Waals surface area contributed by atoms with Crippen molar-refractivity contribution < 1.29 is 4.79 Å². The zero-order valence-corrected chi connectivity index (χ0v) is 12.1. The molecule has 1 N–H and O–H groups in total. The van der Waals surface area contributed by atoms with Crippen molar-refractivity contribution >= 4 is 40.1 Å². The zero-order valence-electron chi connectivity index (χ0n) is 9.17. The molecule has 1 rings (SSSR count). The second-order valence-electron chi connectivity index (χ2n) is 3.69. The van der Waals surface area contributed by atoms with Gasteiger partial charge in [-0.15, -0.1) is 11.6 Å². The molecule has 16 heavy (non-hydrogen) atoms. The number of hydrogen-bond donors (Lipinski definition) is 1. The first-order valence-electron chi connectivity index (χ1n) is 5.27. The third kappa shape index (κ3) is 5.16. The van der Waals surface area contributed by atoms with Gasteiger partial charge in [0.1, 0.15) is 0 Å². The summed E-state index contributed by atoms with van der Waals surface area (Å²) in [7, 11) is 0. The first-order valence-corrected chi connectivity index (χ1v) is 6.79. The standard InChI is InChI=1S/C12H15ClINO/c1-9(13)3-2-8-15-12(16)10-4-6-11(14)7-5-10/h4-7,9H,2-3,8H2,1H3,(H,15,16). The van der Waals surface area contributed by atoms with E-state index in [1.54, 1.807) is 0 Å². The largest absolute Gasteiger partial charge is 0.352 e. The number of carbonyl (C=O) groups excluding carboxylic acids is 1. The predicted octanol–water partition coefficient (Wildman–Crippen LogP) is 3.43. The van der Waals surface area contributed by atoms with Crippen molar-refractivity contribution in [3.05, 3.63) is 33.4 Å². The molecule has 0 fully saturated rings. The highest BCUT2D eigenvalue weighted by molar-refractivity contribution is 14.1. The summed E-state index contributed by atoms with van der Waals surface area (Å²) in [5.74, 6) is -0.0152. The molecule has 1 amide bonds. The van der Waals surface area contributed by atoms with Gasteiger partial charge in [-0.25, -0.2) is 0 Å². The van der Waals surface area contributed by atoms with E-state index in [4.69, 9.17) is 11.6 Å². The molecule has 1 aromatic carbocycles. The molecule has 0 aromatic heterocycles. The first kappa shape index (κ1) is 13.8. The smallest absolute Gasteiger partial charge is 0.251 e. The monoisotopic (exact) mass is 351 g/mol. The highest BCUT2D eigenvalue weighted by atomic mass is 127. The molecule has 1 unspecified atom stereocenters. The van der Waals surface area contributed by atoms with E-state index in [0.29, 0.717) is 12.1 Å². The lowest BCUT2D eigenvalue weighted by Crippen LogP contribution is -2.24. The van der Waals surface area contributed by atoms with Gasteiger partial charge < -0.3 is 5.32 Å². The number of rotatable bonds is 5. The maximum atomic E-state index is 11.7. The quantitative estimate of drug-likeness (QED) is 0.491. The molecule has 1 aromatic rings. The van der Waals surface area contributed by atoms with Gasteiger partial charge in [-0.05, 0) is 66.6 Å². The Bertz CT molecular complexity index is 337. The molecule has 0 heterocycles. The summed E-state index contributed by atoms with van der Waals surface area (Å²) >= 11 is 8.03. The number of alkyl halides is 1. The van der Waals surface area contributed by atoms with Crippen molar-refractivity contribution in [1.82, 2.24) is 5.32 Å². The van der Waals surface area contributed by atoms with Crippen LogP contribution in [0.1, 0.15) is 30.1 Å². The molecular weight excluding hydrogens is 336 g/mol. The average molecular weight is 352 g/mol. The van der Waals surface area contributed by atoms with Gasteiger partial charge in [0.05, 0.1) is 0 Å². The van der Waals surface area contributed by atoms with Crippen LogP contribution in [0.5, 0.6) is 0 Å². The van der Waals surface area contributed by atoms with Crippen molar-refractivity contribution in [2.75, 3.05) is 6.54 Å².